The van der Waals surface area contributed by atoms with Gasteiger partial charge in [0.2, 0.25) is 0 Å². The van der Waals surface area contributed by atoms with Crippen molar-refractivity contribution in [3.8, 4) is 6.07 Å². The molecule has 1 fully saturated rings. The lowest BCUT2D eigenvalue weighted by molar-refractivity contribution is -0.137. The fourth-order valence-corrected chi connectivity index (χ4v) is 2.35. The van der Waals surface area contributed by atoms with E-state index in [0.717, 1.165) is 25.7 Å². The summed E-state index contributed by atoms with van der Waals surface area (Å²) in [4.78, 5) is 2.28. The van der Waals surface area contributed by atoms with Crippen LogP contribution in [0.5, 0.6) is 0 Å². The molecule has 1 aliphatic heterocycles. The molecule has 20 heavy (non-hydrogen) atoms. The minimum Gasteiger partial charge on any atom is -0.384 e. The van der Waals surface area contributed by atoms with Crippen LogP contribution in [0, 0.1) is 11.3 Å². The molecule has 0 spiro atoms. The molecule has 0 unspecified atom stereocenters. The zero-order valence-electron chi connectivity index (χ0n) is 11.0. The first-order valence-corrected chi connectivity index (χ1v) is 6.58. The van der Waals surface area contributed by atoms with Crippen molar-refractivity contribution in [3.05, 3.63) is 29.3 Å². The van der Waals surface area contributed by atoms with Gasteiger partial charge in [-0.1, -0.05) is 0 Å². The third kappa shape index (κ3) is 3.64. The smallest absolute Gasteiger partial charge is 0.384 e. The topological polar surface area (TPSA) is 39.1 Å². The van der Waals surface area contributed by atoms with Crippen LogP contribution in [-0.2, 0) is 6.18 Å². The van der Waals surface area contributed by atoms with Crippen LogP contribution in [0.3, 0.4) is 0 Å². The van der Waals surface area contributed by atoms with Gasteiger partial charge >= 0.3 is 6.18 Å². The first kappa shape index (κ1) is 14.7. The van der Waals surface area contributed by atoms with E-state index in [0.29, 0.717) is 12.2 Å². The van der Waals surface area contributed by atoms with Crippen LogP contribution in [0.15, 0.2) is 18.2 Å². The largest absolute Gasteiger partial charge is 0.417 e. The number of hydrogen-bond acceptors (Lipinski definition) is 3. The average molecular weight is 283 g/mol. The number of hydrogen-bond donors (Lipinski definition) is 1. The summed E-state index contributed by atoms with van der Waals surface area (Å²) in [7, 11) is 0. The highest BCUT2D eigenvalue weighted by Crippen LogP contribution is 2.33. The van der Waals surface area contributed by atoms with Crippen molar-refractivity contribution in [1.82, 2.24) is 4.90 Å². The molecule has 1 aliphatic rings. The minimum atomic E-state index is -4.50. The van der Waals surface area contributed by atoms with E-state index in [1.54, 1.807) is 6.07 Å². The normalized spacial score (nSPS) is 16.1. The third-order valence-corrected chi connectivity index (χ3v) is 3.40. The predicted molar refractivity (Wildman–Crippen MR) is 70.3 cm³/mol. The summed E-state index contributed by atoms with van der Waals surface area (Å²) in [6.45, 7) is 3.54. The first-order valence-electron chi connectivity index (χ1n) is 6.58. The van der Waals surface area contributed by atoms with Gasteiger partial charge in [0.25, 0.3) is 0 Å². The molecule has 0 saturated carbocycles. The molecule has 0 amide bonds. The van der Waals surface area contributed by atoms with Crippen molar-refractivity contribution in [2.45, 2.75) is 19.0 Å². The van der Waals surface area contributed by atoms with Crippen molar-refractivity contribution in [3.63, 3.8) is 0 Å². The molecular weight excluding hydrogens is 267 g/mol. The molecular formula is C14H16F3N3. The highest BCUT2D eigenvalue weighted by atomic mass is 19.4. The van der Waals surface area contributed by atoms with Gasteiger partial charge in [-0.05, 0) is 44.1 Å². The van der Waals surface area contributed by atoms with E-state index < -0.39 is 11.7 Å². The third-order valence-electron chi connectivity index (χ3n) is 3.40. The summed E-state index contributed by atoms with van der Waals surface area (Å²) in [5, 5.41) is 11.7. The Kier molecular flexibility index (Phi) is 4.50. The van der Waals surface area contributed by atoms with Crippen LogP contribution < -0.4 is 5.32 Å². The zero-order valence-corrected chi connectivity index (χ0v) is 11.0. The Morgan fingerprint density at radius 2 is 1.95 bits per heavy atom. The highest BCUT2D eigenvalue weighted by Gasteiger charge is 2.33. The predicted octanol–water partition coefficient (Wildman–Crippen LogP) is 3.08. The first-order chi connectivity index (χ1) is 9.50. The quantitative estimate of drug-likeness (QED) is 0.923. The SMILES string of the molecule is N#Cc1ccc(NCCN2CCCC2)cc1C(F)(F)F. The molecule has 2 rings (SSSR count). The fourth-order valence-electron chi connectivity index (χ4n) is 2.35. The van der Waals surface area contributed by atoms with E-state index in [1.807, 2.05) is 0 Å². The maximum absolute atomic E-state index is 12.8. The number of likely N-dealkylation sites (tertiary alicyclic amines) is 1. The number of benzene rings is 1. The van der Waals surface area contributed by atoms with E-state index >= 15 is 0 Å². The monoisotopic (exact) mass is 283 g/mol. The van der Waals surface area contributed by atoms with Gasteiger partial charge in [-0.3, -0.25) is 0 Å². The van der Waals surface area contributed by atoms with Crippen LogP contribution in [0.25, 0.3) is 0 Å². The lowest BCUT2D eigenvalue weighted by Crippen LogP contribution is -2.26. The Labute approximate surface area is 116 Å². The number of alkyl halides is 3. The van der Waals surface area contributed by atoms with Crippen molar-refractivity contribution in [2.75, 3.05) is 31.5 Å². The zero-order chi connectivity index (χ0) is 14.6. The number of nitriles is 1. The van der Waals surface area contributed by atoms with Crippen molar-refractivity contribution in [2.24, 2.45) is 0 Å². The van der Waals surface area contributed by atoms with Gasteiger partial charge in [0.15, 0.2) is 0 Å². The molecule has 1 heterocycles. The second-order valence-corrected chi connectivity index (χ2v) is 4.85. The van der Waals surface area contributed by atoms with Crippen LogP contribution in [0.1, 0.15) is 24.0 Å². The summed E-state index contributed by atoms with van der Waals surface area (Å²) in [5.41, 5.74) is -0.829. The Bertz CT molecular complexity index is 499. The molecule has 3 nitrogen and oxygen atoms in total. The molecule has 0 radical (unpaired) electrons. The highest BCUT2D eigenvalue weighted by molar-refractivity contribution is 5.53. The average Bonchev–Trinajstić information content (AvgIpc) is 2.91. The van der Waals surface area contributed by atoms with Gasteiger partial charge in [0, 0.05) is 18.8 Å². The van der Waals surface area contributed by atoms with Gasteiger partial charge in [-0.25, -0.2) is 0 Å². The Morgan fingerprint density at radius 1 is 1.25 bits per heavy atom. The van der Waals surface area contributed by atoms with Crippen LogP contribution in [-0.4, -0.2) is 31.1 Å². The van der Waals surface area contributed by atoms with E-state index in [2.05, 4.69) is 10.2 Å². The Morgan fingerprint density at radius 3 is 2.55 bits per heavy atom. The summed E-state index contributed by atoms with van der Waals surface area (Å²) in [6, 6.07) is 5.30. The van der Waals surface area contributed by atoms with Gasteiger partial charge in [0.05, 0.1) is 17.2 Å². The molecule has 0 bridgehead atoms. The van der Waals surface area contributed by atoms with Crippen LogP contribution >= 0.6 is 0 Å². The molecule has 6 heteroatoms. The molecule has 0 aromatic heterocycles. The minimum absolute atomic E-state index is 0.345. The van der Waals surface area contributed by atoms with Crippen molar-refractivity contribution < 1.29 is 13.2 Å². The van der Waals surface area contributed by atoms with Gasteiger partial charge < -0.3 is 10.2 Å². The summed E-state index contributed by atoms with van der Waals surface area (Å²) in [6.07, 6.45) is -2.12. The maximum Gasteiger partial charge on any atom is 0.417 e. The van der Waals surface area contributed by atoms with Crippen LogP contribution in [0.4, 0.5) is 18.9 Å². The maximum atomic E-state index is 12.8. The van der Waals surface area contributed by atoms with Gasteiger partial charge in [-0.2, -0.15) is 18.4 Å². The number of rotatable bonds is 4. The molecule has 1 saturated heterocycles. The van der Waals surface area contributed by atoms with E-state index in [4.69, 9.17) is 5.26 Å². The lowest BCUT2D eigenvalue weighted by Gasteiger charge is -2.16. The second-order valence-electron chi connectivity index (χ2n) is 4.85. The Hall–Kier alpha value is -1.74. The molecule has 1 aromatic rings. The molecule has 0 atom stereocenters. The fraction of sp³-hybridized carbons (Fsp3) is 0.500. The van der Waals surface area contributed by atoms with Crippen molar-refractivity contribution in [1.29, 1.82) is 5.26 Å². The number of nitrogens with zero attached hydrogens (tertiary/aromatic N) is 2. The number of anilines is 1. The standard InChI is InChI=1S/C14H16F3N3/c15-14(16,17)13-9-12(4-3-11(13)10-18)19-5-8-20-6-1-2-7-20/h3-4,9,19H,1-2,5-8H2. The molecule has 0 aliphatic carbocycles. The Balaban J connectivity index is 2.00. The van der Waals surface area contributed by atoms with Crippen molar-refractivity contribution >= 4 is 5.69 Å². The summed E-state index contributed by atoms with van der Waals surface area (Å²) in [5.74, 6) is 0. The molecule has 1 aromatic carbocycles. The van der Waals surface area contributed by atoms with Gasteiger partial charge in [0.1, 0.15) is 0 Å². The number of halogens is 3. The number of nitrogens with one attached hydrogen (secondary N) is 1. The lowest BCUT2D eigenvalue weighted by atomic mass is 10.1. The van der Waals surface area contributed by atoms with E-state index in [1.165, 1.54) is 25.0 Å². The summed E-state index contributed by atoms with van der Waals surface area (Å²) < 4.78 is 38.4. The van der Waals surface area contributed by atoms with E-state index in [9.17, 15) is 13.2 Å². The van der Waals surface area contributed by atoms with Crippen LogP contribution in [0.2, 0.25) is 0 Å². The molecule has 1 N–H and O–H groups in total. The van der Waals surface area contributed by atoms with Gasteiger partial charge in [-0.15, -0.1) is 0 Å². The van der Waals surface area contributed by atoms with E-state index in [-0.39, 0.29) is 5.56 Å². The molecule has 108 valence electrons. The summed E-state index contributed by atoms with van der Waals surface area (Å²) >= 11 is 0. The second kappa shape index (κ2) is 6.14.